The lowest BCUT2D eigenvalue weighted by molar-refractivity contribution is 0.0697. The van der Waals surface area contributed by atoms with Crippen molar-refractivity contribution in [2.24, 2.45) is 0 Å². The highest BCUT2D eigenvalue weighted by molar-refractivity contribution is 5.88. The van der Waals surface area contributed by atoms with Crippen molar-refractivity contribution in [2.45, 2.75) is 19.3 Å². The number of hydrogen-bond donors (Lipinski definition) is 1. The van der Waals surface area contributed by atoms with Crippen LogP contribution < -0.4 is 4.74 Å². The monoisotopic (exact) mass is 390 g/mol. The Labute approximate surface area is 171 Å². The van der Waals surface area contributed by atoms with Crippen molar-refractivity contribution in [1.29, 1.82) is 0 Å². The first-order valence-electron chi connectivity index (χ1n) is 9.83. The van der Waals surface area contributed by atoms with E-state index < -0.39 is 5.97 Å². The summed E-state index contributed by atoms with van der Waals surface area (Å²) in [6.07, 6.45) is 3.20. The van der Waals surface area contributed by atoms with E-state index in [1.165, 1.54) is 0 Å². The quantitative estimate of drug-likeness (QED) is 0.437. The molecule has 0 radical (unpaired) electrons. The van der Waals surface area contributed by atoms with Gasteiger partial charge in [-0.3, -0.25) is 0 Å². The van der Waals surface area contributed by atoms with Crippen LogP contribution in [0.5, 0.6) is 5.75 Å². The molecule has 3 rings (SSSR count). The second-order valence-electron chi connectivity index (χ2n) is 6.89. The van der Waals surface area contributed by atoms with Crippen LogP contribution in [0.3, 0.4) is 0 Å². The lowest BCUT2D eigenvalue weighted by atomic mass is 9.99. The van der Waals surface area contributed by atoms with Gasteiger partial charge in [0.05, 0.1) is 12.2 Å². The third-order valence-corrected chi connectivity index (χ3v) is 4.80. The summed E-state index contributed by atoms with van der Waals surface area (Å²) in [7, 11) is 1.73. The Morgan fingerprint density at radius 2 is 1.14 bits per heavy atom. The molecule has 0 aliphatic rings. The minimum absolute atomic E-state index is 0.294. The summed E-state index contributed by atoms with van der Waals surface area (Å²) in [5.41, 5.74) is 4.60. The molecule has 3 aromatic carbocycles. The Hall–Kier alpha value is -3.11. The first kappa shape index (κ1) is 20.6. The zero-order valence-corrected chi connectivity index (χ0v) is 16.6. The zero-order valence-electron chi connectivity index (χ0n) is 16.6. The van der Waals surface area contributed by atoms with Gasteiger partial charge in [-0.1, -0.05) is 48.5 Å². The van der Waals surface area contributed by atoms with Gasteiger partial charge in [0.2, 0.25) is 0 Å². The molecule has 0 fully saturated rings. The van der Waals surface area contributed by atoms with Gasteiger partial charge < -0.3 is 14.6 Å². The molecule has 0 saturated carbocycles. The third kappa shape index (κ3) is 5.93. The molecule has 29 heavy (non-hydrogen) atoms. The predicted molar refractivity (Wildman–Crippen MR) is 115 cm³/mol. The van der Waals surface area contributed by atoms with E-state index in [-0.39, 0.29) is 0 Å². The number of carboxylic acid groups (broad SMARTS) is 1. The van der Waals surface area contributed by atoms with Crippen molar-refractivity contribution < 1.29 is 19.4 Å². The van der Waals surface area contributed by atoms with Crippen molar-refractivity contribution in [1.82, 2.24) is 0 Å². The van der Waals surface area contributed by atoms with Gasteiger partial charge in [0.15, 0.2) is 0 Å². The SMILES string of the molecule is COCCCCCOc1ccc(-c2ccc(-c3ccc(C(=O)O)cc3)cc2)cc1. The molecule has 3 aromatic rings. The molecule has 150 valence electrons. The van der Waals surface area contributed by atoms with E-state index in [9.17, 15) is 4.79 Å². The normalized spacial score (nSPS) is 10.7. The third-order valence-electron chi connectivity index (χ3n) is 4.80. The van der Waals surface area contributed by atoms with E-state index in [2.05, 4.69) is 36.4 Å². The molecule has 0 saturated heterocycles. The fraction of sp³-hybridized carbons (Fsp3) is 0.240. The van der Waals surface area contributed by atoms with Gasteiger partial charge in [-0.25, -0.2) is 4.79 Å². The number of aromatic carboxylic acids is 1. The molecule has 0 aromatic heterocycles. The van der Waals surface area contributed by atoms with Crippen molar-refractivity contribution >= 4 is 5.97 Å². The van der Waals surface area contributed by atoms with Crippen LogP contribution >= 0.6 is 0 Å². The second kappa shape index (κ2) is 10.4. The predicted octanol–water partition coefficient (Wildman–Crippen LogP) is 5.91. The first-order valence-corrected chi connectivity index (χ1v) is 9.83. The number of rotatable bonds is 10. The molecular weight excluding hydrogens is 364 g/mol. The molecule has 1 N–H and O–H groups in total. The molecule has 4 heteroatoms. The molecule has 0 bridgehead atoms. The number of methoxy groups -OCH3 is 1. The maximum Gasteiger partial charge on any atom is 0.335 e. The molecule has 0 unspecified atom stereocenters. The van der Waals surface area contributed by atoms with E-state index in [1.807, 2.05) is 24.3 Å². The largest absolute Gasteiger partial charge is 0.494 e. The molecule has 0 spiro atoms. The van der Waals surface area contributed by atoms with Gasteiger partial charge in [-0.2, -0.15) is 0 Å². The number of benzene rings is 3. The molecule has 4 nitrogen and oxygen atoms in total. The first-order chi connectivity index (χ1) is 14.2. The number of carboxylic acids is 1. The summed E-state index contributed by atoms with van der Waals surface area (Å²) < 4.78 is 10.8. The topological polar surface area (TPSA) is 55.8 Å². The van der Waals surface area contributed by atoms with Crippen molar-refractivity contribution in [2.75, 3.05) is 20.3 Å². The Morgan fingerprint density at radius 3 is 1.62 bits per heavy atom. The van der Waals surface area contributed by atoms with Crippen LogP contribution in [-0.4, -0.2) is 31.4 Å². The van der Waals surface area contributed by atoms with Crippen LogP contribution in [0.4, 0.5) is 0 Å². The number of ether oxygens (including phenoxy) is 2. The number of hydrogen-bond acceptors (Lipinski definition) is 3. The summed E-state index contributed by atoms with van der Waals surface area (Å²) in [6.45, 7) is 1.53. The number of unbranched alkanes of at least 4 members (excludes halogenated alkanes) is 2. The summed E-state index contributed by atoms with van der Waals surface area (Å²) in [4.78, 5) is 11.0. The molecule has 0 aliphatic carbocycles. The highest BCUT2D eigenvalue weighted by atomic mass is 16.5. The average Bonchev–Trinajstić information content (AvgIpc) is 2.77. The van der Waals surface area contributed by atoms with Crippen molar-refractivity contribution in [3.63, 3.8) is 0 Å². The molecule has 0 atom stereocenters. The van der Waals surface area contributed by atoms with Crippen LogP contribution in [0.25, 0.3) is 22.3 Å². The lowest BCUT2D eigenvalue weighted by Crippen LogP contribution is -1.98. The van der Waals surface area contributed by atoms with E-state index >= 15 is 0 Å². The molecular formula is C25H26O4. The van der Waals surface area contributed by atoms with Gasteiger partial charge in [-0.15, -0.1) is 0 Å². The van der Waals surface area contributed by atoms with E-state index in [1.54, 1.807) is 19.2 Å². The summed E-state index contributed by atoms with van der Waals surface area (Å²) >= 11 is 0. The highest BCUT2D eigenvalue weighted by Gasteiger charge is 2.04. The standard InChI is InChI=1S/C25H26O4/c1-28-17-3-2-4-18-29-24-15-13-22(14-16-24)20-7-5-19(6-8-20)21-9-11-23(12-10-21)25(26)27/h5-16H,2-4,17-18H2,1H3,(H,26,27). The second-order valence-corrected chi connectivity index (χ2v) is 6.89. The minimum Gasteiger partial charge on any atom is -0.494 e. The Morgan fingerprint density at radius 1 is 0.690 bits per heavy atom. The van der Waals surface area contributed by atoms with Crippen molar-refractivity contribution in [3.05, 3.63) is 78.4 Å². The zero-order chi connectivity index (χ0) is 20.5. The molecule has 0 aliphatic heterocycles. The Bertz CT molecular complexity index is 897. The van der Waals surface area contributed by atoms with Gasteiger partial charge in [0.1, 0.15) is 5.75 Å². The number of carbonyl (C=O) groups is 1. The summed E-state index contributed by atoms with van der Waals surface area (Å²) in [5, 5.41) is 9.01. The van der Waals surface area contributed by atoms with E-state index in [0.717, 1.165) is 60.5 Å². The fourth-order valence-electron chi connectivity index (χ4n) is 3.12. The summed E-state index contributed by atoms with van der Waals surface area (Å²) in [6, 6.07) is 23.3. The van der Waals surface area contributed by atoms with E-state index in [0.29, 0.717) is 5.56 Å². The van der Waals surface area contributed by atoms with Crippen LogP contribution in [0.2, 0.25) is 0 Å². The van der Waals surface area contributed by atoms with Gasteiger partial charge in [0, 0.05) is 13.7 Å². The Kier molecular flexibility index (Phi) is 7.42. The Balaban J connectivity index is 1.57. The van der Waals surface area contributed by atoms with Crippen LogP contribution in [0.15, 0.2) is 72.8 Å². The smallest absolute Gasteiger partial charge is 0.335 e. The van der Waals surface area contributed by atoms with E-state index in [4.69, 9.17) is 14.6 Å². The lowest BCUT2D eigenvalue weighted by Gasteiger charge is -2.08. The van der Waals surface area contributed by atoms with Gasteiger partial charge in [0.25, 0.3) is 0 Å². The van der Waals surface area contributed by atoms with Gasteiger partial charge in [-0.05, 0) is 65.8 Å². The molecule has 0 heterocycles. The maximum absolute atomic E-state index is 11.0. The van der Waals surface area contributed by atoms with Crippen LogP contribution in [0.1, 0.15) is 29.6 Å². The van der Waals surface area contributed by atoms with Crippen LogP contribution in [-0.2, 0) is 4.74 Å². The minimum atomic E-state index is -0.912. The average molecular weight is 390 g/mol. The molecule has 0 amide bonds. The fourth-order valence-corrected chi connectivity index (χ4v) is 3.12. The van der Waals surface area contributed by atoms with Crippen LogP contribution in [0, 0.1) is 0 Å². The summed E-state index contributed by atoms with van der Waals surface area (Å²) in [5.74, 6) is -0.0268. The maximum atomic E-state index is 11.0. The van der Waals surface area contributed by atoms with Gasteiger partial charge >= 0.3 is 5.97 Å². The highest BCUT2D eigenvalue weighted by Crippen LogP contribution is 2.26. The van der Waals surface area contributed by atoms with Crippen molar-refractivity contribution in [3.8, 4) is 28.0 Å².